The van der Waals surface area contributed by atoms with Crippen LogP contribution in [0.1, 0.15) is 31.2 Å². The van der Waals surface area contributed by atoms with E-state index in [1.54, 1.807) is 0 Å². The average molecular weight is 298 g/mol. The second kappa shape index (κ2) is 5.66. The highest BCUT2D eigenvalue weighted by Crippen LogP contribution is 2.20. The van der Waals surface area contributed by atoms with Gasteiger partial charge in [-0.1, -0.05) is 12.1 Å². The molecule has 0 fully saturated rings. The molecule has 1 aromatic carbocycles. The number of hydrogen-bond acceptors (Lipinski definition) is 2. The summed E-state index contributed by atoms with van der Waals surface area (Å²) in [5.74, 6) is 0. The minimum atomic E-state index is 0.153. The van der Waals surface area contributed by atoms with E-state index in [2.05, 4.69) is 78.6 Å². The number of aromatic nitrogens is 1. The van der Waals surface area contributed by atoms with Crippen LogP contribution in [0.4, 0.5) is 0 Å². The lowest BCUT2D eigenvalue weighted by Gasteiger charge is -2.20. The first-order chi connectivity index (χ1) is 10.0. The maximum absolute atomic E-state index is 3.54. The highest BCUT2D eigenvalue weighted by molar-refractivity contribution is 7.09. The molecular formula is C18H22N2S. The minimum absolute atomic E-state index is 0.153. The Kier molecular flexibility index (Phi) is 3.87. The van der Waals surface area contributed by atoms with Crippen molar-refractivity contribution in [2.75, 3.05) is 0 Å². The van der Waals surface area contributed by atoms with Gasteiger partial charge in [-0.15, -0.1) is 11.3 Å². The highest BCUT2D eigenvalue weighted by atomic mass is 32.1. The second-order valence-corrected chi connectivity index (χ2v) is 7.55. The van der Waals surface area contributed by atoms with Gasteiger partial charge in [-0.3, -0.25) is 0 Å². The summed E-state index contributed by atoms with van der Waals surface area (Å²) in [6.07, 6.45) is 2.19. The molecule has 0 aliphatic rings. The molecule has 0 bridgehead atoms. The molecular weight excluding hydrogens is 276 g/mol. The van der Waals surface area contributed by atoms with E-state index in [1.807, 2.05) is 11.3 Å². The maximum Gasteiger partial charge on any atom is 0.0569 e. The molecule has 0 unspecified atom stereocenters. The molecule has 0 saturated carbocycles. The third-order valence-corrected chi connectivity index (χ3v) is 4.43. The number of nitrogens with one attached hydrogen (secondary N) is 1. The Balaban J connectivity index is 1.80. The first-order valence-corrected chi connectivity index (χ1v) is 8.24. The molecule has 1 N–H and O–H groups in total. The number of rotatable bonds is 4. The summed E-state index contributed by atoms with van der Waals surface area (Å²) in [5.41, 5.74) is 2.80. The Morgan fingerprint density at radius 2 is 2.00 bits per heavy atom. The van der Waals surface area contributed by atoms with Crippen LogP contribution in [0.15, 0.2) is 48.0 Å². The molecule has 21 heavy (non-hydrogen) atoms. The van der Waals surface area contributed by atoms with Gasteiger partial charge >= 0.3 is 0 Å². The first kappa shape index (κ1) is 14.4. The van der Waals surface area contributed by atoms with Gasteiger partial charge in [0.15, 0.2) is 0 Å². The van der Waals surface area contributed by atoms with Crippen molar-refractivity contribution in [2.24, 2.45) is 0 Å². The van der Waals surface area contributed by atoms with Crippen LogP contribution < -0.4 is 5.32 Å². The lowest BCUT2D eigenvalue weighted by molar-refractivity contribution is 0.424. The molecule has 3 aromatic rings. The van der Waals surface area contributed by atoms with Crippen molar-refractivity contribution in [3.8, 4) is 0 Å². The van der Waals surface area contributed by atoms with Gasteiger partial charge in [0, 0.05) is 28.7 Å². The van der Waals surface area contributed by atoms with E-state index < -0.39 is 0 Å². The summed E-state index contributed by atoms with van der Waals surface area (Å²) < 4.78 is 2.32. The Bertz CT molecular complexity index is 717. The monoisotopic (exact) mass is 298 g/mol. The zero-order chi connectivity index (χ0) is 14.9. The molecule has 3 heteroatoms. The first-order valence-electron chi connectivity index (χ1n) is 7.36. The largest absolute Gasteiger partial charge is 0.342 e. The molecule has 0 aliphatic carbocycles. The van der Waals surface area contributed by atoms with E-state index in [1.165, 1.54) is 21.3 Å². The zero-order valence-corrected chi connectivity index (χ0v) is 13.7. The molecule has 2 heterocycles. The third-order valence-electron chi connectivity index (χ3n) is 3.56. The molecule has 110 valence electrons. The zero-order valence-electron chi connectivity index (χ0n) is 12.9. The van der Waals surface area contributed by atoms with Crippen LogP contribution in [0.3, 0.4) is 0 Å². The van der Waals surface area contributed by atoms with Crippen LogP contribution in [-0.2, 0) is 13.1 Å². The molecule has 0 spiro atoms. The van der Waals surface area contributed by atoms with Gasteiger partial charge in [0.2, 0.25) is 0 Å². The fraction of sp³-hybridized carbons (Fsp3) is 0.333. The van der Waals surface area contributed by atoms with E-state index in [-0.39, 0.29) is 5.54 Å². The Morgan fingerprint density at radius 1 is 1.14 bits per heavy atom. The van der Waals surface area contributed by atoms with E-state index >= 15 is 0 Å². The SMILES string of the molecule is CC(C)(C)NCc1ccc2c(ccn2Cc2cccs2)c1. The van der Waals surface area contributed by atoms with Gasteiger partial charge in [0.1, 0.15) is 0 Å². The van der Waals surface area contributed by atoms with Crippen molar-refractivity contribution in [1.29, 1.82) is 0 Å². The summed E-state index contributed by atoms with van der Waals surface area (Å²) in [6.45, 7) is 8.46. The third kappa shape index (κ3) is 3.55. The topological polar surface area (TPSA) is 17.0 Å². The number of hydrogen-bond donors (Lipinski definition) is 1. The quantitative estimate of drug-likeness (QED) is 0.742. The molecule has 3 rings (SSSR count). The smallest absolute Gasteiger partial charge is 0.0569 e. The Labute approximate surface area is 130 Å². The summed E-state index contributed by atoms with van der Waals surface area (Å²) in [7, 11) is 0. The van der Waals surface area contributed by atoms with Crippen molar-refractivity contribution in [1.82, 2.24) is 9.88 Å². The summed E-state index contributed by atoms with van der Waals surface area (Å²) in [4.78, 5) is 1.39. The van der Waals surface area contributed by atoms with Crippen LogP contribution in [0.25, 0.3) is 10.9 Å². The molecule has 2 nitrogen and oxygen atoms in total. The molecule has 0 saturated heterocycles. The number of fused-ring (bicyclic) bond motifs is 1. The summed E-state index contributed by atoms with van der Waals surface area (Å²) in [5, 5.41) is 7.00. The van der Waals surface area contributed by atoms with E-state index in [0.717, 1.165) is 13.1 Å². The molecule has 0 amide bonds. The van der Waals surface area contributed by atoms with Gasteiger partial charge in [0.05, 0.1) is 6.54 Å². The van der Waals surface area contributed by atoms with E-state index in [9.17, 15) is 0 Å². The van der Waals surface area contributed by atoms with Gasteiger partial charge in [-0.05, 0) is 61.4 Å². The molecule has 0 aliphatic heterocycles. The van der Waals surface area contributed by atoms with E-state index in [4.69, 9.17) is 0 Å². The van der Waals surface area contributed by atoms with Crippen molar-refractivity contribution in [2.45, 2.75) is 39.4 Å². The standard InChI is InChI=1S/C18H22N2S/c1-18(2,3)19-12-14-6-7-17-15(11-14)8-9-20(17)13-16-5-4-10-21-16/h4-11,19H,12-13H2,1-3H3. The molecule has 0 atom stereocenters. The normalized spacial score (nSPS) is 12.1. The summed E-state index contributed by atoms with van der Waals surface area (Å²) in [6, 6.07) is 13.3. The van der Waals surface area contributed by atoms with E-state index in [0.29, 0.717) is 0 Å². The van der Waals surface area contributed by atoms with Gasteiger partial charge in [-0.2, -0.15) is 0 Å². The van der Waals surface area contributed by atoms with Crippen LogP contribution in [0.5, 0.6) is 0 Å². The predicted octanol–water partition coefficient (Wildman–Crippen LogP) is 4.64. The Morgan fingerprint density at radius 3 is 2.71 bits per heavy atom. The van der Waals surface area contributed by atoms with Crippen LogP contribution in [0, 0.1) is 0 Å². The molecule has 0 radical (unpaired) electrons. The second-order valence-electron chi connectivity index (χ2n) is 6.52. The summed E-state index contributed by atoms with van der Waals surface area (Å²) >= 11 is 1.81. The lowest BCUT2D eigenvalue weighted by Crippen LogP contribution is -2.35. The molecule has 2 aromatic heterocycles. The maximum atomic E-state index is 3.54. The van der Waals surface area contributed by atoms with Gasteiger partial charge < -0.3 is 9.88 Å². The van der Waals surface area contributed by atoms with Crippen LogP contribution in [0.2, 0.25) is 0 Å². The fourth-order valence-corrected chi connectivity index (χ4v) is 3.14. The minimum Gasteiger partial charge on any atom is -0.342 e. The highest BCUT2D eigenvalue weighted by Gasteiger charge is 2.09. The number of benzene rings is 1. The predicted molar refractivity (Wildman–Crippen MR) is 92.0 cm³/mol. The van der Waals surface area contributed by atoms with Crippen LogP contribution >= 0.6 is 11.3 Å². The van der Waals surface area contributed by atoms with Crippen molar-refractivity contribution >= 4 is 22.2 Å². The number of thiophene rings is 1. The van der Waals surface area contributed by atoms with Crippen LogP contribution in [-0.4, -0.2) is 10.1 Å². The van der Waals surface area contributed by atoms with Crippen molar-refractivity contribution < 1.29 is 0 Å². The Hall–Kier alpha value is -1.58. The van der Waals surface area contributed by atoms with Crippen molar-refractivity contribution in [3.63, 3.8) is 0 Å². The number of nitrogens with zero attached hydrogens (tertiary/aromatic N) is 1. The fourth-order valence-electron chi connectivity index (χ4n) is 2.44. The van der Waals surface area contributed by atoms with Crippen molar-refractivity contribution in [3.05, 3.63) is 58.4 Å². The van der Waals surface area contributed by atoms with Gasteiger partial charge in [-0.25, -0.2) is 0 Å². The van der Waals surface area contributed by atoms with Gasteiger partial charge in [0.25, 0.3) is 0 Å². The lowest BCUT2D eigenvalue weighted by atomic mass is 10.1. The average Bonchev–Trinajstić information content (AvgIpc) is 3.06.